The number of para-hydroxylation sites is 1. The monoisotopic (exact) mass is 288 g/mol. The van der Waals surface area contributed by atoms with E-state index in [1.165, 1.54) is 4.90 Å². The summed E-state index contributed by atoms with van der Waals surface area (Å²) in [6.45, 7) is 5.33. The van der Waals surface area contributed by atoms with E-state index < -0.39 is 0 Å². The highest BCUT2D eigenvalue weighted by Crippen LogP contribution is 2.27. The highest BCUT2D eigenvalue weighted by molar-refractivity contribution is 6.04. The minimum absolute atomic E-state index is 0.0670. The summed E-state index contributed by atoms with van der Waals surface area (Å²) in [7, 11) is 0. The summed E-state index contributed by atoms with van der Waals surface area (Å²) in [6.07, 6.45) is 1.72. The molecule has 1 atom stereocenters. The lowest BCUT2D eigenvalue weighted by atomic mass is 10.1. The van der Waals surface area contributed by atoms with Crippen molar-refractivity contribution in [2.45, 2.75) is 32.7 Å². The SMILES string of the molecule is Cc1cccc(C)c1OCCN1C(=O)C2CCCN2C1=O. The summed E-state index contributed by atoms with van der Waals surface area (Å²) in [5, 5.41) is 0. The molecule has 0 saturated carbocycles. The summed E-state index contributed by atoms with van der Waals surface area (Å²) in [5.74, 6) is 0.778. The zero-order valence-corrected chi connectivity index (χ0v) is 12.5. The third-order valence-electron chi connectivity index (χ3n) is 4.25. The maximum absolute atomic E-state index is 12.2. The summed E-state index contributed by atoms with van der Waals surface area (Å²) < 4.78 is 5.78. The summed E-state index contributed by atoms with van der Waals surface area (Å²) >= 11 is 0. The molecule has 0 aromatic heterocycles. The Hall–Kier alpha value is -2.04. The van der Waals surface area contributed by atoms with Gasteiger partial charge in [0.15, 0.2) is 0 Å². The molecule has 1 aromatic carbocycles. The first-order valence-electron chi connectivity index (χ1n) is 7.40. The van der Waals surface area contributed by atoms with Gasteiger partial charge in [-0.1, -0.05) is 18.2 Å². The van der Waals surface area contributed by atoms with Gasteiger partial charge in [-0.2, -0.15) is 0 Å². The highest BCUT2D eigenvalue weighted by atomic mass is 16.5. The fourth-order valence-corrected chi connectivity index (χ4v) is 3.15. The minimum Gasteiger partial charge on any atom is -0.491 e. The number of amides is 3. The van der Waals surface area contributed by atoms with Crippen molar-refractivity contribution in [1.82, 2.24) is 9.80 Å². The van der Waals surface area contributed by atoms with E-state index in [0.29, 0.717) is 19.7 Å². The second kappa shape index (κ2) is 5.39. The predicted octanol–water partition coefficient (Wildman–Crippen LogP) is 2.11. The molecule has 112 valence electrons. The van der Waals surface area contributed by atoms with Crippen LogP contribution in [0, 0.1) is 13.8 Å². The molecule has 0 N–H and O–H groups in total. The molecule has 2 aliphatic heterocycles. The van der Waals surface area contributed by atoms with Crippen LogP contribution in [-0.4, -0.2) is 47.5 Å². The largest absolute Gasteiger partial charge is 0.491 e. The van der Waals surface area contributed by atoms with Crippen LogP contribution in [0.5, 0.6) is 5.75 Å². The Morgan fingerprint density at radius 1 is 1.24 bits per heavy atom. The van der Waals surface area contributed by atoms with E-state index in [0.717, 1.165) is 29.7 Å². The number of nitrogens with zero attached hydrogens (tertiary/aromatic N) is 2. The van der Waals surface area contributed by atoms with Gasteiger partial charge >= 0.3 is 6.03 Å². The molecule has 2 saturated heterocycles. The summed E-state index contributed by atoms with van der Waals surface area (Å²) in [4.78, 5) is 27.3. The number of benzene rings is 1. The second-order valence-electron chi connectivity index (χ2n) is 5.69. The molecule has 1 aromatic rings. The molecular formula is C16H20N2O3. The third-order valence-corrected chi connectivity index (χ3v) is 4.25. The highest BCUT2D eigenvalue weighted by Gasteiger charge is 2.46. The second-order valence-corrected chi connectivity index (χ2v) is 5.69. The number of hydrogen-bond donors (Lipinski definition) is 0. The Balaban J connectivity index is 1.61. The number of aryl methyl sites for hydroxylation is 2. The Morgan fingerprint density at radius 3 is 2.62 bits per heavy atom. The van der Waals surface area contributed by atoms with Crippen molar-refractivity contribution in [3.8, 4) is 5.75 Å². The van der Waals surface area contributed by atoms with Crippen molar-refractivity contribution in [2.24, 2.45) is 0 Å². The topological polar surface area (TPSA) is 49.9 Å². The van der Waals surface area contributed by atoms with Gasteiger partial charge in [-0.3, -0.25) is 9.69 Å². The zero-order chi connectivity index (χ0) is 15.0. The molecule has 0 bridgehead atoms. The Kier molecular flexibility index (Phi) is 3.57. The number of carbonyl (C=O) groups is 2. The molecule has 0 radical (unpaired) electrons. The molecule has 3 amide bonds. The molecule has 0 aliphatic carbocycles. The van der Waals surface area contributed by atoms with Crippen LogP contribution in [0.4, 0.5) is 4.79 Å². The molecule has 5 nitrogen and oxygen atoms in total. The minimum atomic E-state index is -0.224. The first-order chi connectivity index (χ1) is 10.1. The molecular weight excluding hydrogens is 268 g/mol. The summed E-state index contributed by atoms with van der Waals surface area (Å²) in [6, 6.07) is 5.58. The fourth-order valence-electron chi connectivity index (χ4n) is 3.15. The molecule has 1 unspecified atom stereocenters. The van der Waals surface area contributed by atoms with Gasteiger partial charge in [0.25, 0.3) is 5.91 Å². The van der Waals surface area contributed by atoms with E-state index in [1.807, 2.05) is 32.0 Å². The Labute approximate surface area is 124 Å². The van der Waals surface area contributed by atoms with Crippen molar-refractivity contribution in [2.75, 3.05) is 19.7 Å². The van der Waals surface area contributed by atoms with Crippen LogP contribution in [-0.2, 0) is 4.79 Å². The number of rotatable bonds is 4. The number of imide groups is 1. The average Bonchev–Trinajstić information content (AvgIpc) is 3.01. The van der Waals surface area contributed by atoms with Crippen molar-refractivity contribution in [3.05, 3.63) is 29.3 Å². The fraction of sp³-hybridized carbons (Fsp3) is 0.500. The first-order valence-corrected chi connectivity index (χ1v) is 7.40. The normalized spacial score (nSPS) is 21.1. The van der Waals surface area contributed by atoms with Gasteiger partial charge in [0.05, 0.1) is 6.54 Å². The van der Waals surface area contributed by atoms with Gasteiger partial charge in [0.1, 0.15) is 18.4 Å². The smallest absolute Gasteiger partial charge is 0.327 e. The van der Waals surface area contributed by atoms with Crippen LogP contribution in [0.15, 0.2) is 18.2 Å². The van der Waals surface area contributed by atoms with Gasteiger partial charge in [0, 0.05) is 6.54 Å². The number of hydrogen-bond acceptors (Lipinski definition) is 3. The van der Waals surface area contributed by atoms with Crippen LogP contribution in [0.2, 0.25) is 0 Å². The maximum Gasteiger partial charge on any atom is 0.327 e. The predicted molar refractivity (Wildman–Crippen MR) is 78.2 cm³/mol. The van der Waals surface area contributed by atoms with Crippen LogP contribution in [0.25, 0.3) is 0 Å². The van der Waals surface area contributed by atoms with Crippen molar-refractivity contribution in [3.63, 3.8) is 0 Å². The number of carbonyl (C=O) groups excluding carboxylic acids is 2. The van der Waals surface area contributed by atoms with Gasteiger partial charge < -0.3 is 9.64 Å². The third kappa shape index (κ3) is 2.37. The number of ether oxygens (including phenoxy) is 1. The average molecular weight is 288 g/mol. The van der Waals surface area contributed by atoms with Crippen LogP contribution < -0.4 is 4.74 Å². The van der Waals surface area contributed by atoms with E-state index in [-0.39, 0.29) is 18.0 Å². The lowest BCUT2D eigenvalue weighted by molar-refractivity contribution is -0.128. The number of fused-ring (bicyclic) bond motifs is 1. The zero-order valence-electron chi connectivity index (χ0n) is 12.5. The van der Waals surface area contributed by atoms with Crippen LogP contribution in [0.3, 0.4) is 0 Å². The molecule has 0 spiro atoms. The molecule has 2 aliphatic rings. The van der Waals surface area contributed by atoms with Gasteiger partial charge in [0.2, 0.25) is 0 Å². The molecule has 5 heteroatoms. The Bertz CT molecular complexity index is 543. The molecule has 21 heavy (non-hydrogen) atoms. The van der Waals surface area contributed by atoms with E-state index in [9.17, 15) is 9.59 Å². The molecule has 3 rings (SSSR count). The molecule has 2 fully saturated rings. The lowest BCUT2D eigenvalue weighted by Crippen LogP contribution is -2.36. The Morgan fingerprint density at radius 2 is 1.95 bits per heavy atom. The van der Waals surface area contributed by atoms with E-state index >= 15 is 0 Å². The van der Waals surface area contributed by atoms with Gasteiger partial charge in [-0.15, -0.1) is 0 Å². The first kappa shape index (κ1) is 13.9. The van der Waals surface area contributed by atoms with Crippen molar-refractivity contribution in [1.29, 1.82) is 0 Å². The molecule has 2 heterocycles. The standard InChI is InChI=1S/C16H20N2O3/c1-11-5-3-6-12(2)14(11)21-10-9-18-15(19)13-7-4-8-17(13)16(18)20/h3,5-6,13H,4,7-10H2,1-2H3. The van der Waals surface area contributed by atoms with Crippen LogP contribution in [0.1, 0.15) is 24.0 Å². The van der Waals surface area contributed by atoms with Gasteiger partial charge in [-0.25, -0.2) is 4.79 Å². The van der Waals surface area contributed by atoms with E-state index in [4.69, 9.17) is 4.74 Å². The number of urea groups is 1. The lowest BCUT2D eigenvalue weighted by Gasteiger charge is -2.17. The van der Waals surface area contributed by atoms with Crippen molar-refractivity contribution < 1.29 is 14.3 Å². The van der Waals surface area contributed by atoms with Crippen molar-refractivity contribution >= 4 is 11.9 Å². The maximum atomic E-state index is 12.2. The quantitative estimate of drug-likeness (QED) is 0.797. The van der Waals surface area contributed by atoms with E-state index in [2.05, 4.69) is 0 Å². The summed E-state index contributed by atoms with van der Waals surface area (Å²) in [5.41, 5.74) is 2.13. The van der Waals surface area contributed by atoms with Crippen LogP contribution >= 0.6 is 0 Å². The van der Waals surface area contributed by atoms with E-state index in [1.54, 1.807) is 4.90 Å². The van der Waals surface area contributed by atoms with Gasteiger partial charge in [-0.05, 0) is 37.8 Å².